The maximum Gasteiger partial charge on any atom is 0.251 e. The first kappa shape index (κ1) is 15.6. The molecule has 3 rings (SSSR count). The number of nitrogens with one attached hydrogen (secondary N) is 1. The average Bonchev–Trinajstić information content (AvgIpc) is 2.97. The molecule has 1 amide bonds. The lowest BCUT2D eigenvalue weighted by Crippen LogP contribution is -2.38. The van der Waals surface area contributed by atoms with Crippen molar-refractivity contribution in [1.29, 1.82) is 0 Å². The molecule has 2 N–H and O–H groups in total. The molecule has 4 nitrogen and oxygen atoms in total. The van der Waals surface area contributed by atoms with Gasteiger partial charge in [0.05, 0.1) is 6.54 Å². The smallest absolute Gasteiger partial charge is 0.251 e. The van der Waals surface area contributed by atoms with Crippen molar-refractivity contribution in [2.75, 3.05) is 6.54 Å². The zero-order chi connectivity index (χ0) is 16.4. The minimum atomic E-state index is -1.31. The fraction of sp³-hybridized carbons (Fsp3) is 0.167. The molecule has 0 spiro atoms. The van der Waals surface area contributed by atoms with E-state index in [1.54, 1.807) is 37.3 Å². The van der Waals surface area contributed by atoms with Crippen LogP contribution in [0.3, 0.4) is 0 Å². The van der Waals surface area contributed by atoms with Crippen LogP contribution in [0.15, 0.2) is 59.0 Å². The number of aliphatic hydroxyl groups is 1. The summed E-state index contributed by atoms with van der Waals surface area (Å²) >= 11 is 5.88. The standard InChI is InChI=1S/C18H16ClNO3/c1-18(22,16-10-12-5-2-3-8-15(12)23-16)11-20-17(21)13-6-4-7-14(19)9-13/h2-10,22H,11H2,1H3,(H,20,21). The summed E-state index contributed by atoms with van der Waals surface area (Å²) in [4.78, 5) is 12.1. The molecule has 5 heteroatoms. The Morgan fingerprint density at radius 3 is 2.74 bits per heavy atom. The van der Waals surface area contributed by atoms with Crippen LogP contribution < -0.4 is 5.32 Å². The van der Waals surface area contributed by atoms with E-state index in [1.165, 1.54) is 0 Å². The first-order chi connectivity index (χ1) is 11.0. The third-order valence-corrected chi connectivity index (χ3v) is 3.87. The van der Waals surface area contributed by atoms with Crippen LogP contribution in [0.2, 0.25) is 5.02 Å². The molecule has 118 valence electrons. The molecule has 0 bridgehead atoms. The van der Waals surface area contributed by atoms with Gasteiger partial charge < -0.3 is 14.8 Å². The maximum absolute atomic E-state index is 12.1. The summed E-state index contributed by atoms with van der Waals surface area (Å²) in [6.07, 6.45) is 0. The lowest BCUT2D eigenvalue weighted by Gasteiger charge is -2.21. The number of hydrogen-bond donors (Lipinski definition) is 2. The third kappa shape index (κ3) is 3.38. The van der Waals surface area contributed by atoms with Gasteiger partial charge in [0.25, 0.3) is 5.91 Å². The summed E-state index contributed by atoms with van der Waals surface area (Å²) in [6.45, 7) is 1.63. The number of amides is 1. The van der Waals surface area contributed by atoms with Crippen LogP contribution in [-0.4, -0.2) is 17.6 Å². The first-order valence-electron chi connectivity index (χ1n) is 7.21. The molecule has 0 saturated carbocycles. The van der Waals surface area contributed by atoms with Gasteiger partial charge in [0.15, 0.2) is 0 Å². The van der Waals surface area contributed by atoms with E-state index in [-0.39, 0.29) is 12.5 Å². The van der Waals surface area contributed by atoms with E-state index in [0.717, 1.165) is 5.39 Å². The van der Waals surface area contributed by atoms with E-state index < -0.39 is 5.60 Å². The van der Waals surface area contributed by atoms with Gasteiger partial charge in [-0.15, -0.1) is 0 Å². The second-order valence-corrected chi connectivity index (χ2v) is 6.05. The Balaban J connectivity index is 1.74. The topological polar surface area (TPSA) is 62.5 Å². The number of hydrogen-bond acceptors (Lipinski definition) is 3. The van der Waals surface area contributed by atoms with Crippen LogP contribution in [0.4, 0.5) is 0 Å². The summed E-state index contributed by atoms with van der Waals surface area (Å²) in [5.74, 6) is 0.106. The van der Waals surface area contributed by atoms with Crippen molar-refractivity contribution < 1.29 is 14.3 Å². The number of furan rings is 1. The fourth-order valence-corrected chi connectivity index (χ4v) is 2.51. The number of benzene rings is 2. The lowest BCUT2D eigenvalue weighted by atomic mass is 10.0. The fourth-order valence-electron chi connectivity index (χ4n) is 2.32. The molecule has 2 aromatic carbocycles. The van der Waals surface area contributed by atoms with Crippen molar-refractivity contribution in [1.82, 2.24) is 5.32 Å². The largest absolute Gasteiger partial charge is 0.458 e. The summed E-state index contributed by atoms with van der Waals surface area (Å²) in [7, 11) is 0. The number of carbonyl (C=O) groups is 1. The van der Waals surface area contributed by atoms with Gasteiger partial charge in [-0.05, 0) is 37.3 Å². The zero-order valence-corrected chi connectivity index (χ0v) is 13.3. The Morgan fingerprint density at radius 1 is 1.22 bits per heavy atom. The number of rotatable bonds is 4. The van der Waals surface area contributed by atoms with Gasteiger partial charge in [-0.1, -0.05) is 35.9 Å². The molecule has 1 atom stereocenters. The van der Waals surface area contributed by atoms with Crippen molar-refractivity contribution in [3.63, 3.8) is 0 Å². The van der Waals surface area contributed by atoms with Crippen LogP contribution in [0, 0.1) is 0 Å². The molecular formula is C18H16ClNO3. The van der Waals surface area contributed by atoms with Gasteiger partial charge >= 0.3 is 0 Å². The molecule has 3 aromatic rings. The third-order valence-electron chi connectivity index (χ3n) is 3.64. The van der Waals surface area contributed by atoms with Gasteiger partial charge in [-0.2, -0.15) is 0 Å². The van der Waals surface area contributed by atoms with Crippen LogP contribution in [0.25, 0.3) is 11.0 Å². The quantitative estimate of drug-likeness (QED) is 0.766. The molecular weight excluding hydrogens is 314 g/mol. The molecule has 0 aliphatic heterocycles. The SMILES string of the molecule is CC(O)(CNC(=O)c1cccc(Cl)c1)c1cc2ccccc2o1. The van der Waals surface area contributed by atoms with Crippen molar-refractivity contribution in [3.8, 4) is 0 Å². The highest BCUT2D eigenvalue weighted by atomic mass is 35.5. The molecule has 0 aliphatic carbocycles. The zero-order valence-electron chi connectivity index (χ0n) is 12.5. The Bertz CT molecular complexity index is 821. The van der Waals surface area contributed by atoms with E-state index in [2.05, 4.69) is 5.32 Å². The highest BCUT2D eigenvalue weighted by molar-refractivity contribution is 6.30. The van der Waals surface area contributed by atoms with Crippen LogP contribution in [0.5, 0.6) is 0 Å². The highest BCUT2D eigenvalue weighted by Gasteiger charge is 2.28. The second kappa shape index (κ2) is 6.07. The van der Waals surface area contributed by atoms with Gasteiger partial charge in [-0.25, -0.2) is 0 Å². The van der Waals surface area contributed by atoms with Crippen molar-refractivity contribution in [2.45, 2.75) is 12.5 Å². The monoisotopic (exact) mass is 329 g/mol. The summed E-state index contributed by atoms with van der Waals surface area (Å²) < 4.78 is 5.67. The normalized spacial score (nSPS) is 13.7. The predicted molar refractivity (Wildman–Crippen MR) is 89.6 cm³/mol. The predicted octanol–water partition coefficient (Wildman–Crippen LogP) is 3.72. The summed E-state index contributed by atoms with van der Waals surface area (Å²) in [6, 6.07) is 15.9. The molecule has 23 heavy (non-hydrogen) atoms. The molecule has 1 heterocycles. The van der Waals surface area contributed by atoms with Crippen molar-refractivity contribution in [3.05, 3.63) is 70.9 Å². The van der Waals surface area contributed by atoms with Gasteiger partial charge in [-0.3, -0.25) is 4.79 Å². The van der Waals surface area contributed by atoms with Gasteiger partial charge in [0.1, 0.15) is 16.9 Å². The Kier molecular flexibility index (Phi) is 4.11. The Morgan fingerprint density at radius 2 is 2.00 bits per heavy atom. The number of para-hydroxylation sites is 1. The van der Waals surface area contributed by atoms with E-state index in [1.807, 2.05) is 24.3 Å². The Labute approximate surface area is 138 Å². The van der Waals surface area contributed by atoms with Gasteiger partial charge in [0, 0.05) is 16.0 Å². The number of carbonyl (C=O) groups excluding carboxylic acids is 1. The molecule has 0 aliphatic rings. The number of fused-ring (bicyclic) bond motifs is 1. The van der Waals surface area contributed by atoms with Crippen LogP contribution >= 0.6 is 11.6 Å². The second-order valence-electron chi connectivity index (χ2n) is 5.62. The summed E-state index contributed by atoms with van der Waals surface area (Å²) in [5, 5.41) is 14.7. The summed E-state index contributed by atoms with van der Waals surface area (Å²) in [5.41, 5.74) is -0.172. The Hall–Kier alpha value is -2.30. The molecule has 0 radical (unpaired) electrons. The lowest BCUT2D eigenvalue weighted by molar-refractivity contribution is 0.0344. The van der Waals surface area contributed by atoms with Crippen molar-refractivity contribution >= 4 is 28.5 Å². The minimum Gasteiger partial charge on any atom is -0.458 e. The first-order valence-corrected chi connectivity index (χ1v) is 7.59. The van der Waals surface area contributed by atoms with E-state index in [4.69, 9.17) is 16.0 Å². The van der Waals surface area contributed by atoms with Crippen LogP contribution in [0.1, 0.15) is 23.0 Å². The van der Waals surface area contributed by atoms with Crippen molar-refractivity contribution in [2.24, 2.45) is 0 Å². The van der Waals surface area contributed by atoms with Crippen LogP contribution in [-0.2, 0) is 5.60 Å². The minimum absolute atomic E-state index is 0.0260. The number of halogens is 1. The molecule has 0 fully saturated rings. The highest BCUT2D eigenvalue weighted by Crippen LogP contribution is 2.27. The maximum atomic E-state index is 12.1. The average molecular weight is 330 g/mol. The molecule has 1 aromatic heterocycles. The van der Waals surface area contributed by atoms with E-state index in [9.17, 15) is 9.90 Å². The van der Waals surface area contributed by atoms with Gasteiger partial charge in [0.2, 0.25) is 0 Å². The van der Waals surface area contributed by atoms with E-state index in [0.29, 0.717) is 21.9 Å². The molecule has 1 unspecified atom stereocenters. The van der Waals surface area contributed by atoms with E-state index >= 15 is 0 Å². The molecule has 0 saturated heterocycles.